The van der Waals surface area contributed by atoms with Crippen LogP contribution in [0.15, 0.2) is 218 Å². The highest BCUT2D eigenvalue weighted by atomic mass is 15.0. The second kappa shape index (κ2) is 14.0. The first-order valence-electron chi connectivity index (χ1n) is 21.3. The summed E-state index contributed by atoms with van der Waals surface area (Å²) in [4.78, 5) is 15.4. The summed E-state index contributed by atoms with van der Waals surface area (Å²) in [6.07, 6.45) is 0. The first kappa shape index (κ1) is 35.2. The van der Waals surface area contributed by atoms with Gasteiger partial charge in [0.2, 0.25) is 0 Å². The first-order valence-corrected chi connectivity index (χ1v) is 21.3. The van der Waals surface area contributed by atoms with E-state index in [0.717, 1.165) is 55.8 Å². The lowest BCUT2D eigenvalue weighted by molar-refractivity contribution is 1.07. The summed E-state index contributed by atoms with van der Waals surface area (Å²) in [7, 11) is 0. The Morgan fingerprint density at radius 3 is 1.08 bits per heavy atom. The minimum Gasteiger partial charge on any atom is -0.309 e. The predicted octanol–water partition coefficient (Wildman–Crippen LogP) is 14.2. The van der Waals surface area contributed by atoms with Crippen molar-refractivity contribution in [1.29, 1.82) is 0 Å². The molecule has 9 aromatic carbocycles. The Bertz CT molecular complexity index is 3800. The zero-order valence-electron chi connectivity index (χ0n) is 34.0. The molecule has 0 radical (unpaired) electrons. The van der Waals surface area contributed by atoms with Crippen LogP contribution < -0.4 is 0 Å². The standard InChI is InChI=1S/C57H36N6/c1-2-15-37(16-3-1)55-58-56(60-57(59-55)39-17-14-18-41(35-39)62-49-24-9-4-19-43(49)44-20-5-10-25-50(44)62)38-29-31-40(32-30-38)61-53-28-13-8-23-47(53)48-36-42(33-34-54(48)61)63-51-26-11-6-21-45(51)46-22-7-12-27-52(46)63/h1-36H. The van der Waals surface area contributed by atoms with Crippen LogP contribution in [0, 0.1) is 0 Å². The highest BCUT2D eigenvalue weighted by Crippen LogP contribution is 2.38. The van der Waals surface area contributed by atoms with Crippen molar-refractivity contribution in [1.82, 2.24) is 28.7 Å². The van der Waals surface area contributed by atoms with Crippen LogP contribution in [0.5, 0.6) is 0 Å². The summed E-state index contributed by atoms with van der Waals surface area (Å²) >= 11 is 0. The summed E-state index contributed by atoms with van der Waals surface area (Å²) in [5.41, 5.74) is 13.0. The zero-order valence-corrected chi connectivity index (χ0v) is 34.0. The molecule has 0 aliphatic carbocycles. The maximum Gasteiger partial charge on any atom is 0.164 e. The Balaban J connectivity index is 0.926. The normalized spacial score (nSPS) is 11.8. The molecule has 0 bridgehead atoms. The number of para-hydroxylation sites is 5. The van der Waals surface area contributed by atoms with Crippen molar-refractivity contribution in [2.75, 3.05) is 0 Å². The Morgan fingerprint density at radius 2 is 0.571 bits per heavy atom. The van der Waals surface area contributed by atoms with Gasteiger partial charge in [-0.1, -0.05) is 133 Å². The zero-order chi connectivity index (χ0) is 41.4. The number of hydrogen-bond donors (Lipinski definition) is 0. The minimum absolute atomic E-state index is 0.616. The molecule has 0 spiro atoms. The summed E-state index contributed by atoms with van der Waals surface area (Å²) in [5, 5.41) is 7.36. The predicted molar refractivity (Wildman–Crippen MR) is 259 cm³/mol. The average molecular weight is 805 g/mol. The third-order valence-electron chi connectivity index (χ3n) is 12.5. The Labute approximate surface area is 362 Å². The van der Waals surface area contributed by atoms with Crippen molar-refractivity contribution in [3.8, 4) is 51.2 Å². The van der Waals surface area contributed by atoms with Gasteiger partial charge >= 0.3 is 0 Å². The maximum absolute atomic E-state index is 5.18. The van der Waals surface area contributed by atoms with Gasteiger partial charge in [-0.15, -0.1) is 0 Å². The Morgan fingerprint density at radius 1 is 0.222 bits per heavy atom. The van der Waals surface area contributed by atoms with E-state index in [9.17, 15) is 0 Å². The van der Waals surface area contributed by atoms with Crippen LogP contribution >= 0.6 is 0 Å². The fraction of sp³-hybridized carbons (Fsp3) is 0. The van der Waals surface area contributed by atoms with Crippen LogP contribution in [0.4, 0.5) is 0 Å². The number of aromatic nitrogens is 6. The Kier molecular flexibility index (Phi) is 7.80. The minimum atomic E-state index is 0.616. The third kappa shape index (κ3) is 5.55. The molecule has 0 fully saturated rings. The van der Waals surface area contributed by atoms with Crippen molar-refractivity contribution in [2.24, 2.45) is 0 Å². The molecule has 0 amide bonds. The molecule has 0 N–H and O–H groups in total. The van der Waals surface area contributed by atoms with E-state index in [4.69, 9.17) is 15.0 Å². The second-order valence-corrected chi connectivity index (χ2v) is 16.1. The van der Waals surface area contributed by atoms with Gasteiger partial charge in [-0.3, -0.25) is 0 Å². The van der Waals surface area contributed by atoms with Crippen molar-refractivity contribution >= 4 is 65.4 Å². The van der Waals surface area contributed by atoms with Gasteiger partial charge in [0, 0.05) is 66.1 Å². The van der Waals surface area contributed by atoms with Gasteiger partial charge in [0.05, 0.1) is 33.1 Å². The summed E-state index contributed by atoms with van der Waals surface area (Å²) < 4.78 is 7.07. The fourth-order valence-corrected chi connectivity index (χ4v) is 9.67. The van der Waals surface area contributed by atoms with Gasteiger partial charge in [0.15, 0.2) is 17.5 Å². The topological polar surface area (TPSA) is 53.5 Å². The largest absolute Gasteiger partial charge is 0.309 e. The average Bonchev–Trinajstić information content (AvgIpc) is 4.00. The molecule has 0 unspecified atom stereocenters. The fourth-order valence-electron chi connectivity index (χ4n) is 9.67. The number of fused-ring (bicyclic) bond motifs is 9. The number of benzene rings is 9. The molecule has 4 heterocycles. The smallest absolute Gasteiger partial charge is 0.164 e. The van der Waals surface area contributed by atoms with Crippen molar-refractivity contribution in [3.63, 3.8) is 0 Å². The molecule has 0 aliphatic heterocycles. The molecule has 0 aliphatic rings. The number of nitrogens with zero attached hydrogens (tertiary/aromatic N) is 6. The molecule has 294 valence electrons. The first-order chi connectivity index (χ1) is 31.2. The molecule has 4 aromatic heterocycles. The third-order valence-corrected chi connectivity index (χ3v) is 12.5. The molecule has 0 saturated heterocycles. The SMILES string of the molecule is c1ccc(-c2nc(-c3ccc(-n4c5ccccc5c5cc(-n6c7ccccc7c7ccccc76)ccc54)cc3)nc(-c3cccc(-n4c5ccccc5c5ccccc54)c3)n2)cc1. The van der Waals surface area contributed by atoms with Gasteiger partial charge in [-0.25, -0.2) is 15.0 Å². The van der Waals surface area contributed by atoms with Crippen molar-refractivity contribution in [2.45, 2.75) is 0 Å². The van der Waals surface area contributed by atoms with Crippen LogP contribution in [0.2, 0.25) is 0 Å². The van der Waals surface area contributed by atoms with E-state index >= 15 is 0 Å². The lowest BCUT2D eigenvalue weighted by Crippen LogP contribution is -2.01. The van der Waals surface area contributed by atoms with Gasteiger partial charge in [-0.2, -0.15) is 0 Å². The molecule has 0 atom stereocenters. The molecular weight excluding hydrogens is 769 g/mol. The molecule has 13 rings (SSSR count). The monoisotopic (exact) mass is 804 g/mol. The number of rotatable bonds is 6. The summed E-state index contributed by atoms with van der Waals surface area (Å²) in [6, 6.07) is 77.3. The van der Waals surface area contributed by atoms with E-state index in [1.165, 1.54) is 43.4 Å². The van der Waals surface area contributed by atoms with Crippen LogP contribution in [0.3, 0.4) is 0 Å². The molecule has 13 aromatic rings. The van der Waals surface area contributed by atoms with E-state index in [0.29, 0.717) is 17.5 Å². The molecule has 6 nitrogen and oxygen atoms in total. The second-order valence-electron chi connectivity index (χ2n) is 16.1. The molecule has 63 heavy (non-hydrogen) atoms. The van der Waals surface area contributed by atoms with E-state index in [1.54, 1.807) is 0 Å². The van der Waals surface area contributed by atoms with E-state index in [1.807, 2.05) is 18.2 Å². The summed E-state index contributed by atoms with van der Waals surface area (Å²) in [5.74, 6) is 1.86. The summed E-state index contributed by atoms with van der Waals surface area (Å²) in [6.45, 7) is 0. The highest BCUT2D eigenvalue weighted by molar-refractivity contribution is 6.12. The lowest BCUT2D eigenvalue weighted by atomic mass is 10.1. The van der Waals surface area contributed by atoms with E-state index in [2.05, 4.69) is 214 Å². The van der Waals surface area contributed by atoms with Crippen LogP contribution in [-0.4, -0.2) is 28.7 Å². The molecule has 6 heteroatoms. The van der Waals surface area contributed by atoms with Gasteiger partial charge in [0.25, 0.3) is 0 Å². The number of hydrogen-bond acceptors (Lipinski definition) is 3. The van der Waals surface area contributed by atoms with Crippen LogP contribution in [0.25, 0.3) is 117 Å². The lowest BCUT2D eigenvalue weighted by Gasteiger charge is -2.12. The van der Waals surface area contributed by atoms with Gasteiger partial charge in [-0.05, 0) is 84.9 Å². The molecule has 0 saturated carbocycles. The quantitative estimate of drug-likeness (QED) is 0.168. The van der Waals surface area contributed by atoms with E-state index < -0.39 is 0 Å². The van der Waals surface area contributed by atoms with Crippen molar-refractivity contribution < 1.29 is 0 Å². The van der Waals surface area contributed by atoms with Crippen LogP contribution in [0.1, 0.15) is 0 Å². The van der Waals surface area contributed by atoms with Crippen molar-refractivity contribution in [3.05, 3.63) is 218 Å². The molecular formula is C57H36N6. The Hall–Kier alpha value is -8.61. The van der Waals surface area contributed by atoms with Crippen LogP contribution in [-0.2, 0) is 0 Å². The van der Waals surface area contributed by atoms with Gasteiger partial charge < -0.3 is 13.7 Å². The maximum atomic E-state index is 5.18. The van der Waals surface area contributed by atoms with E-state index in [-0.39, 0.29) is 0 Å². The highest BCUT2D eigenvalue weighted by Gasteiger charge is 2.19. The van der Waals surface area contributed by atoms with Gasteiger partial charge in [0.1, 0.15) is 0 Å².